The molecule has 0 saturated carbocycles. The fraction of sp³-hybridized carbons (Fsp3) is 0.231. The third-order valence-electron chi connectivity index (χ3n) is 12.1. The Morgan fingerprint density at radius 2 is 0.667 bits per heavy atom. The molecule has 0 unspecified atom stereocenters. The molecule has 0 radical (unpaired) electrons. The summed E-state index contributed by atoms with van der Waals surface area (Å²) in [5.41, 5.74) is 17.7. The zero-order valence-electron chi connectivity index (χ0n) is 33.6. The van der Waals surface area contributed by atoms with Crippen molar-refractivity contribution in [3.63, 3.8) is 0 Å². The number of hydrogen-bond acceptors (Lipinski definition) is 2. The molecule has 0 atom stereocenters. The van der Waals surface area contributed by atoms with E-state index in [1.807, 2.05) is 0 Å². The lowest BCUT2D eigenvalue weighted by Gasteiger charge is -2.30. The molecule has 0 aliphatic carbocycles. The minimum atomic E-state index is 0.473. The summed E-state index contributed by atoms with van der Waals surface area (Å²) in [6.07, 6.45) is 0. The molecule has 0 bridgehead atoms. The molecular formula is C52H52N2. The topological polar surface area (TPSA) is 6.48 Å². The second-order valence-electron chi connectivity index (χ2n) is 16.2. The van der Waals surface area contributed by atoms with Gasteiger partial charge >= 0.3 is 0 Å². The maximum Gasteiger partial charge on any atom is 0.0540 e. The Morgan fingerprint density at radius 3 is 0.981 bits per heavy atom. The lowest BCUT2D eigenvalue weighted by molar-refractivity contribution is 0.866. The van der Waals surface area contributed by atoms with E-state index in [2.05, 4.69) is 200 Å². The molecule has 0 saturated heterocycles. The Kier molecular flexibility index (Phi) is 8.97. The van der Waals surface area contributed by atoms with Crippen molar-refractivity contribution in [2.75, 3.05) is 9.80 Å². The van der Waals surface area contributed by atoms with E-state index < -0.39 is 0 Å². The number of rotatable bonds is 8. The van der Waals surface area contributed by atoms with E-state index in [1.54, 1.807) is 0 Å². The van der Waals surface area contributed by atoms with Gasteiger partial charge in [-0.3, -0.25) is 0 Å². The summed E-state index contributed by atoms with van der Waals surface area (Å²) in [5.74, 6) is 0.945. The van der Waals surface area contributed by atoms with Crippen LogP contribution in [0.5, 0.6) is 0 Å². The van der Waals surface area contributed by atoms with E-state index in [4.69, 9.17) is 0 Å². The predicted molar refractivity (Wildman–Crippen MR) is 236 cm³/mol. The molecule has 54 heavy (non-hydrogen) atoms. The van der Waals surface area contributed by atoms with Gasteiger partial charge in [-0.15, -0.1) is 0 Å². The monoisotopic (exact) mass is 704 g/mol. The fourth-order valence-electron chi connectivity index (χ4n) is 8.32. The van der Waals surface area contributed by atoms with Gasteiger partial charge in [-0.05, 0) is 180 Å². The van der Waals surface area contributed by atoms with E-state index in [0.717, 1.165) is 0 Å². The lowest BCUT2D eigenvalue weighted by Crippen LogP contribution is -2.12. The molecule has 0 heterocycles. The van der Waals surface area contributed by atoms with Crippen LogP contribution in [-0.4, -0.2) is 0 Å². The highest BCUT2D eigenvalue weighted by atomic mass is 15.1. The SMILES string of the molecule is Cc1cc(N(c2ccc(C(C)C)cc2)c2ccc3ccc4c(N(c5ccc(C(C)C)cc5)c5cc(C)c(C)c(C)c5)ccc5ccc2c3c54)cc(C)c1C. The third kappa shape index (κ3) is 5.99. The first-order valence-corrected chi connectivity index (χ1v) is 19.6. The highest BCUT2D eigenvalue weighted by Gasteiger charge is 2.23. The minimum Gasteiger partial charge on any atom is -0.310 e. The van der Waals surface area contributed by atoms with Crippen molar-refractivity contribution in [3.8, 4) is 0 Å². The predicted octanol–water partition coefficient (Wildman–Crippen LogP) is 15.6. The van der Waals surface area contributed by atoms with Crippen molar-refractivity contribution in [3.05, 3.63) is 166 Å². The van der Waals surface area contributed by atoms with E-state index in [-0.39, 0.29) is 0 Å². The molecule has 0 spiro atoms. The summed E-state index contributed by atoms with van der Waals surface area (Å²) in [6, 6.07) is 46.4. The first kappa shape index (κ1) is 35.4. The Hall–Kier alpha value is -5.60. The van der Waals surface area contributed by atoms with E-state index in [0.29, 0.717) is 11.8 Å². The molecule has 0 fully saturated rings. The van der Waals surface area contributed by atoms with Gasteiger partial charge in [-0.25, -0.2) is 0 Å². The zero-order valence-corrected chi connectivity index (χ0v) is 33.6. The van der Waals surface area contributed by atoms with Gasteiger partial charge in [0, 0.05) is 33.5 Å². The Morgan fingerprint density at radius 1 is 0.352 bits per heavy atom. The number of nitrogens with zero attached hydrogens (tertiary/aromatic N) is 2. The van der Waals surface area contributed by atoms with Crippen LogP contribution < -0.4 is 9.80 Å². The van der Waals surface area contributed by atoms with Gasteiger partial charge in [-0.2, -0.15) is 0 Å². The number of benzene rings is 8. The molecule has 0 aliphatic rings. The van der Waals surface area contributed by atoms with Crippen LogP contribution in [0.25, 0.3) is 32.3 Å². The zero-order chi connectivity index (χ0) is 38.0. The summed E-state index contributed by atoms with van der Waals surface area (Å²) in [5, 5.41) is 7.62. The van der Waals surface area contributed by atoms with Crippen molar-refractivity contribution in [1.82, 2.24) is 0 Å². The summed E-state index contributed by atoms with van der Waals surface area (Å²) in [4.78, 5) is 4.94. The summed E-state index contributed by atoms with van der Waals surface area (Å²) < 4.78 is 0. The van der Waals surface area contributed by atoms with Crippen molar-refractivity contribution in [2.24, 2.45) is 0 Å². The first-order valence-electron chi connectivity index (χ1n) is 19.6. The Balaban J connectivity index is 1.40. The van der Waals surface area contributed by atoms with Gasteiger partial charge in [0.05, 0.1) is 11.4 Å². The second-order valence-corrected chi connectivity index (χ2v) is 16.2. The standard InChI is InChI=1S/C52H52N2/c1-31(2)39-11-19-43(20-12-39)53(45-27-33(5)37(9)34(6)28-45)49-25-17-41-16-24-48-50(26-18-42-15-23-47(49)51(41)52(42)48)54(44-21-13-40(14-22-44)32(3)4)46-29-35(7)38(10)36(8)30-46/h11-32H,1-10H3. The molecule has 2 nitrogen and oxygen atoms in total. The third-order valence-corrected chi connectivity index (χ3v) is 12.1. The molecule has 8 rings (SSSR count). The summed E-state index contributed by atoms with van der Waals surface area (Å²) >= 11 is 0. The smallest absolute Gasteiger partial charge is 0.0540 e. The van der Waals surface area contributed by atoms with Crippen molar-refractivity contribution >= 4 is 66.4 Å². The van der Waals surface area contributed by atoms with Crippen LogP contribution >= 0.6 is 0 Å². The van der Waals surface area contributed by atoms with Crippen molar-refractivity contribution in [1.29, 1.82) is 0 Å². The maximum absolute atomic E-state index is 2.47. The molecule has 270 valence electrons. The van der Waals surface area contributed by atoms with Crippen LogP contribution in [0.2, 0.25) is 0 Å². The van der Waals surface area contributed by atoms with E-state index in [1.165, 1.54) is 111 Å². The van der Waals surface area contributed by atoms with Crippen molar-refractivity contribution in [2.45, 2.75) is 81.1 Å². The van der Waals surface area contributed by atoms with Gasteiger partial charge in [0.15, 0.2) is 0 Å². The van der Waals surface area contributed by atoms with Crippen LogP contribution in [0.1, 0.15) is 84.0 Å². The fourth-order valence-corrected chi connectivity index (χ4v) is 8.32. The molecule has 0 amide bonds. The summed E-state index contributed by atoms with van der Waals surface area (Å²) in [7, 11) is 0. The first-order chi connectivity index (χ1) is 25.9. The second kappa shape index (κ2) is 13.7. The number of hydrogen-bond donors (Lipinski definition) is 0. The molecule has 8 aromatic carbocycles. The van der Waals surface area contributed by atoms with Crippen LogP contribution in [0.4, 0.5) is 34.1 Å². The maximum atomic E-state index is 2.47. The molecule has 0 aromatic heterocycles. The highest BCUT2D eigenvalue weighted by Crippen LogP contribution is 2.48. The Labute approximate surface area is 322 Å². The van der Waals surface area contributed by atoms with Gasteiger partial charge in [0.25, 0.3) is 0 Å². The highest BCUT2D eigenvalue weighted by molar-refractivity contribution is 6.28. The molecule has 8 aromatic rings. The Bertz CT molecular complexity index is 2430. The number of aryl methyl sites for hydroxylation is 4. The van der Waals surface area contributed by atoms with Gasteiger partial charge < -0.3 is 9.80 Å². The average molecular weight is 705 g/mol. The molecular weight excluding hydrogens is 653 g/mol. The average Bonchev–Trinajstić information content (AvgIpc) is 3.16. The largest absolute Gasteiger partial charge is 0.310 e. The van der Waals surface area contributed by atoms with Crippen LogP contribution in [0.3, 0.4) is 0 Å². The minimum absolute atomic E-state index is 0.473. The van der Waals surface area contributed by atoms with E-state index >= 15 is 0 Å². The van der Waals surface area contributed by atoms with Gasteiger partial charge in [0.1, 0.15) is 0 Å². The quantitative estimate of drug-likeness (QED) is 0.145. The molecule has 0 N–H and O–H groups in total. The molecule has 2 heteroatoms. The van der Waals surface area contributed by atoms with Crippen LogP contribution in [0.15, 0.2) is 121 Å². The van der Waals surface area contributed by atoms with Crippen LogP contribution in [0, 0.1) is 41.5 Å². The van der Waals surface area contributed by atoms with E-state index in [9.17, 15) is 0 Å². The van der Waals surface area contributed by atoms with Gasteiger partial charge in [0.2, 0.25) is 0 Å². The summed E-state index contributed by atoms with van der Waals surface area (Å²) in [6.45, 7) is 22.4. The van der Waals surface area contributed by atoms with Crippen molar-refractivity contribution < 1.29 is 0 Å². The molecule has 0 aliphatic heterocycles. The van der Waals surface area contributed by atoms with Gasteiger partial charge in [-0.1, -0.05) is 88.4 Å². The lowest BCUT2D eigenvalue weighted by atomic mass is 9.91. The number of anilines is 6. The van der Waals surface area contributed by atoms with Crippen LogP contribution in [-0.2, 0) is 0 Å². The normalized spacial score (nSPS) is 11.9.